The smallest absolute Gasteiger partial charge is 0.433 e. The topological polar surface area (TPSA) is 88.6 Å². The SMILES string of the molecule is CC(C)(C)OC(=O)N[C@H]1CSc2ccc(C(=O)CCc3ccc(F)cc3)cc2N(Cc2ccc(C(F)(F)F)nc2)C1=O. The van der Waals surface area contributed by atoms with Gasteiger partial charge in [0, 0.05) is 28.8 Å². The van der Waals surface area contributed by atoms with Gasteiger partial charge in [0.1, 0.15) is 23.2 Å². The van der Waals surface area contributed by atoms with E-state index in [0.29, 0.717) is 28.1 Å². The highest BCUT2D eigenvalue weighted by Gasteiger charge is 2.35. The number of fused-ring (bicyclic) bond motifs is 1. The molecule has 1 aromatic heterocycles. The van der Waals surface area contributed by atoms with E-state index in [0.717, 1.165) is 17.8 Å². The summed E-state index contributed by atoms with van der Waals surface area (Å²) in [5.41, 5.74) is -0.0498. The number of pyridine rings is 1. The van der Waals surface area contributed by atoms with Crippen LogP contribution in [-0.4, -0.2) is 40.2 Å². The lowest BCUT2D eigenvalue weighted by Crippen LogP contribution is -2.50. The number of carbonyl (C=O) groups is 3. The first-order chi connectivity index (χ1) is 19.7. The highest BCUT2D eigenvalue weighted by molar-refractivity contribution is 7.99. The van der Waals surface area contributed by atoms with Gasteiger partial charge in [-0.3, -0.25) is 14.6 Å². The number of ether oxygens (including phenoxy) is 1. The third-order valence-electron chi connectivity index (χ3n) is 6.24. The molecule has 0 unspecified atom stereocenters. The molecule has 2 amide bonds. The summed E-state index contributed by atoms with van der Waals surface area (Å²) < 4.78 is 57.7. The van der Waals surface area contributed by atoms with E-state index in [1.165, 1.54) is 34.9 Å². The predicted molar refractivity (Wildman–Crippen MR) is 150 cm³/mol. The van der Waals surface area contributed by atoms with E-state index in [9.17, 15) is 31.9 Å². The van der Waals surface area contributed by atoms with Crippen LogP contribution in [0.3, 0.4) is 0 Å². The number of hydrogen-bond donors (Lipinski definition) is 1. The van der Waals surface area contributed by atoms with Gasteiger partial charge in [0.05, 0.1) is 12.2 Å². The highest BCUT2D eigenvalue weighted by Crippen LogP contribution is 2.37. The van der Waals surface area contributed by atoms with Crippen LogP contribution in [0.15, 0.2) is 65.7 Å². The number of halogens is 4. The minimum absolute atomic E-state index is 0.136. The van der Waals surface area contributed by atoms with Gasteiger partial charge in [0.2, 0.25) is 0 Å². The van der Waals surface area contributed by atoms with E-state index in [1.807, 2.05) is 0 Å². The van der Waals surface area contributed by atoms with Crippen molar-refractivity contribution < 1.29 is 36.7 Å². The van der Waals surface area contributed by atoms with Crippen molar-refractivity contribution in [1.29, 1.82) is 0 Å². The summed E-state index contributed by atoms with van der Waals surface area (Å²) in [6, 6.07) is 11.8. The number of aromatic nitrogens is 1. The van der Waals surface area contributed by atoms with Crippen molar-refractivity contribution in [3.8, 4) is 0 Å². The van der Waals surface area contributed by atoms with Crippen LogP contribution in [0.25, 0.3) is 0 Å². The number of carbonyl (C=O) groups excluding carboxylic acids is 3. The van der Waals surface area contributed by atoms with Gasteiger partial charge in [-0.05, 0) is 68.7 Å². The monoisotopic (exact) mass is 603 g/mol. The highest BCUT2D eigenvalue weighted by atomic mass is 32.2. The zero-order valence-electron chi connectivity index (χ0n) is 23.1. The van der Waals surface area contributed by atoms with E-state index in [-0.39, 0.29) is 30.3 Å². The molecule has 222 valence electrons. The lowest BCUT2D eigenvalue weighted by molar-refractivity contribution is -0.141. The van der Waals surface area contributed by atoms with Gasteiger partial charge in [-0.2, -0.15) is 13.2 Å². The summed E-state index contributed by atoms with van der Waals surface area (Å²) in [6.45, 7) is 4.90. The zero-order valence-corrected chi connectivity index (χ0v) is 23.9. The van der Waals surface area contributed by atoms with E-state index < -0.39 is 35.5 Å². The minimum atomic E-state index is -4.62. The van der Waals surface area contributed by atoms with Crippen molar-refractivity contribution in [3.63, 3.8) is 0 Å². The van der Waals surface area contributed by atoms with Crippen molar-refractivity contribution >= 4 is 35.2 Å². The molecule has 3 aromatic rings. The summed E-state index contributed by atoms with van der Waals surface area (Å²) in [6.07, 6.45) is -3.85. The molecule has 1 atom stereocenters. The quantitative estimate of drug-likeness (QED) is 0.242. The Bertz CT molecular complexity index is 1460. The fourth-order valence-electron chi connectivity index (χ4n) is 4.21. The third-order valence-corrected chi connectivity index (χ3v) is 7.40. The second-order valence-corrected chi connectivity index (χ2v) is 11.8. The fraction of sp³-hybridized carbons (Fsp3) is 0.333. The van der Waals surface area contributed by atoms with Crippen molar-refractivity contribution in [2.24, 2.45) is 0 Å². The Balaban J connectivity index is 1.62. The molecule has 1 aliphatic rings. The number of hydrogen-bond acceptors (Lipinski definition) is 6. The number of Topliss-reactive ketones (excluding diaryl/α,β-unsaturated/α-hetero) is 1. The molecule has 2 heterocycles. The average molecular weight is 604 g/mol. The van der Waals surface area contributed by atoms with Crippen molar-refractivity contribution in [2.75, 3.05) is 10.7 Å². The maximum Gasteiger partial charge on any atom is 0.433 e. The van der Waals surface area contributed by atoms with Crippen molar-refractivity contribution in [3.05, 3.63) is 89.0 Å². The first-order valence-corrected chi connectivity index (χ1v) is 14.1. The number of nitrogens with one attached hydrogen (secondary N) is 1. The maximum atomic E-state index is 13.8. The summed E-state index contributed by atoms with van der Waals surface area (Å²) in [7, 11) is 0. The largest absolute Gasteiger partial charge is 0.444 e. The van der Waals surface area contributed by atoms with Crippen LogP contribution in [-0.2, 0) is 28.7 Å². The van der Waals surface area contributed by atoms with Crippen LogP contribution in [0, 0.1) is 5.82 Å². The van der Waals surface area contributed by atoms with E-state index in [2.05, 4.69) is 10.3 Å². The lowest BCUT2D eigenvalue weighted by atomic mass is 10.0. The third kappa shape index (κ3) is 8.09. The first-order valence-electron chi connectivity index (χ1n) is 13.1. The number of thioether (sulfide) groups is 1. The second-order valence-electron chi connectivity index (χ2n) is 10.7. The number of nitrogens with zero attached hydrogens (tertiary/aromatic N) is 2. The Morgan fingerprint density at radius 3 is 2.36 bits per heavy atom. The Morgan fingerprint density at radius 2 is 1.74 bits per heavy atom. The van der Waals surface area contributed by atoms with Gasteiger partial charge in [-0.25, -0.2) is 9.18 Å². The molecule has 0 radical (unpaired) electrons. The maximum absolute atomic E-state index is 13.8. The molecular formula is C30H29F4N3O4S. The summed E-state index contributed by atoms with van der Waals surface area (Å²) in [5, 5.41) is 2.59. The van der Waals surface area contributed by atoms with Gasteiger partial charge in [-0.15, -0.1) is 11.8 Å². The second kappa shape index (κ2) is 12.5. The van der Waals surface area contributed by atoms with Crippen LogP contribution in [0.5, 0.6) is 0 Å². The molecule has 0 saturated carbocycles. The first kappa shape index (κ1) is 31.0. The summed E-state index contributed by atoms with van der Waals surface area (Å²) in [5.74, 6) is -0.947. The fourth-order valence-corrected chi connectivity index (χ4v) is 5.27. The summed E-state index contributed by atoms with van der Waals surface area (Å²) in [4.78, 5) is 44.9. The number of anilines is 1. The number of alkyl halides is 3. The number of benzene rings is 2. The summed E-state index contributed by atoms with van der Waals surface area (Å²) >= 11 is 1.29. The minimum Gasteiger partial charge on any atom is -0.444 e. The number of aryl methyl sites for hydroxylation is 1. The Kier molecular flexibility index (Phi) is 9.24. The Hall–Kier alpha value is -3.93. The van der Waals surface area contributed by atoms with Crippen molar-refractivity contribution in [1.82, 2.24) is 10.3 Å². The number of alkyl carbamates (subject to hydrolysis) is 1. The number of ketones is 1. The van der Waals surface area contributed by atoms with Gasteiger partial charge >= 0.3 is 12.3 Å². The number of amides is 2. The molecule has 0 fully saturated rings. The van der Waals surface area contributed by atoms with Crippen molar-refractivity contribution in [2.45, 2.75) is 62.9 Å². The molecule has 12 heteroatoms. The molecule has 0 saturated heterocycles. The van der Waals surface area contributed by atoms with Crippen LogP contribution >= 0.6 is 11.8 Å². The molecule has 1 aliphatic heterocycles. The molecule has 7 nitrogen and oxygen atoms in total. The van der Waals surface area contributed by atoms with E-state index in [4.69, 9.17) is 4.74 Å². The molecule has 1 N–H and O–H groups in total. The molecule has 0 spiro atoms. The van der Waals surface area contributed by atoms with Gasteiger partial charge in [-0.1, -0.05) is 24.3 Å². The van der Waals surface area contributed by atoms with Crippen LogP contribution in [0.2, 0.25) is 0 Å². The van der Waals surface area contributed by atoms with Crippen LogP contribution in [0.1, 0.15) is 54.4 Å². The predicted octanol–water partition coefficient (Wildman–Crippen LogP) is 6.59. The van der Waals surface area contributed by atoms with Gasteiger partial charge < -0.3 is 15.0 Å². The van der Waals surface area contributed by atoms with Crippen LogP contribution < -0.4 is 10.2 Å². The molecule has 0 aliphatic carbocycles. The van der Waals surface area contributed by atoms with Crippen LogP contribution in [0.4, 0.5) is 28.0 Å². The standard InChI is InChI=1S/C30H29F4N3O4S/c1-29(2,3)41-28(40)36-22-17-42-25-12-8-20(24(38)11-6-18-4-9-21(31)10-5-18)14-23(25)37(27(22)39)16-19-7-13-26(35-15-19)30(32,33)34/h4-5,7-10,12-15,22H,6,11,16-17H2,1-3H3,(H,36,40)/t22-/m0/s1. The molecule has 4 rings (SSSR count). The average Bonchev–Trinajstić information content (AvgIpc) is 3.03. The molecule has 0 bridgehead atoms. The lowest BCUT2D eigenvalue weighted by Gasteiger charge is -2.27. The van der Waals surface area contributed by atoms with Gasteiger partial charge in [0.25, 0.3) is 5.91 Å². The molecular weight excluding hydrogens is 574 g/mol. The normalized spacial score (nSPS) is 15.5. The zero-order chi connectivity index (χ0) is 30.7. The Labute approximate surface area is 244 Å². The van der Waals surface area contributed by atoms with E-state index >= 15 is 0 Å². The van der Waals surface area contributed by atoms with E-state index in [1.54, 1.807) is 51.1 Å². The molecule has 42 heavy (non-hydrogen) atoms. The number of rotatable bonds is 7. The molecule has 2 aromatic carbocycles. The Morgan fingerprint density at radius 1 is 1.05 bits per heavy atom. The van der Waals surface area contributed by atoms with Gasteiger partial charge in [0.15, 0.2) is 5.78 Å².